The van der Waals surface area contributed by atoms with E-state index in [1.807, 2.05) is 4.90 Å². The Labute approximate surface area is 126 Å². The molecule has 0 spiro atoms. The molecular formula is C17H24N2O2. The Morgan fingerprint density at radius 1 is 1.14 bits per heavy atom. The summed E-state index contributed by atoms with van der Waals surface area (Å²) in [5, 5.41) is 10.4. The molecule has 1 saturated carbocycles. The molecule has 1 aromatic carbocycles. The standard InChI is InChI=1S/C17H24N2O2/c1-14-5-4-6-15(13-14)18-9-11-19(12-10-18)16(20)17(21)7-2-3-8-17/h4-6,13,21H,2-3,7-12H2,1H3. The molecule has 1 heterocycles. The Bertz CT molecular complexity index is 515. The number of carbonyl (C=O) groups excluding carboxylic acids is 1. The summed E-state index contributed by atoms with van der Waals surface area (Å²) >= 11 is 0. The van der Waals surface area contributed by atoms with Crippen molar-refractivity contribution in [1.29, 1.82) is 0 Å². The molecule has 1 saturated heterocycles. The topological polar surface area (TPSA) is 43.8 Å². The third-order valence-corrected chi connectivity index (χ3v) is 4.76. The zero-order valence-corrected chi connectivity index (χ0v) is 12.7. The van der Waals surface area contributed by atoms with Crippen molar-refractivity contribution in [1.82, 2.24) is 4.90 Å². The van der Waals surface area contributed by atoms with E-state index in [1.54, 1.807) is 0 Å². The highest BCUT2D eigenvalue weighted by molar-refractivity contribution is 5.85. The summed E-state index contributed by atoms with van der Waals surface area (Å²) in [6, 6.07) is 8.47. The summed E-state index contributed by atoms with van der Waals surface area (Å²) in [4.78, 5) is 16.6. The minimum Gasteiger partial charge on any atom is -0.380 e. The largest absolute Gasteiger partial charge is 0.380 e. The Morgan fingerprint density at radius 2 is 1.81 bits per heavy atom. The van der Waals surface area contributed by atoms with Gasteiger partial charge in [0.1, 0.15) is 5.60 Å². The zero-order valence-electron chi connectivity index (χ0n) is 12.7. The number of nitrogens with zero attached hydrogens (tertiary/aromatic N) is 2. The first-order valence-corrected chi connectivity index (χ1v) is 7.92. The molecule has 0 radical (unpaired) electrons. The highest BCUT2D eigenvalue weighted by Gasteiger charge is 2.42. The van der Waals surface area contributed by atoms with E-state index in [0.29, 0.717) is 25.9 Å². The minimum atomic E-state index is -1.08. The van der Waals surface area contributed by atoms with Gasteiger partial charge in [-0.25, -0.2) is 0 Å². The highest BCUT2D eigenvalue weighted by Crippen LogP contribution is 2.31. The van der Waals surface area contributed by atoms with Crippen LogP contribution in [0, 0.1) is 6.92 Å². The fourth-order valence-electron chi connectivity index (χ4n) is 3.46. The summed E-state index contributed by atoms with van der Waals surface area (Å²) in [5.74, 6) is -0.0520. The van der Waals surface area contributed by atoms with Gasteiger partial charge in [0.2, 0.25) is 0 Å². The Hall–Kier alpha value is -1.55. The molecule has 0 unspecified atom stereocenters. The number of piperazine rings is 1. The van der Waals surface area contributed by atoms with Gasteiger partial charge < -0.3 is 14.9 Å². The number of hydrogen-bond acceptors (Lipinski definition) is 3. The Kier molecular flexibility index (Phi) is 3.89. The Morgan fingerprint density at radius 3 is 2.43 bits per heavy atom. The predicted octanol–water partition coefficient (Wildman–Crippen LogP) is 1.95. The summed E-state index contributed by atoms with van der Waals surface area (Å²) in [6.45, 7) is 5.18. The van der Waals surface area contributed by atoms with E-state index in [4.69, 9.17) is 0 Å². The van der Waals surface area contributed by atoms with Crippen LogP contribution in [0.4, 0.5) is 5.69 Å². The van der Waals surface area contributed by atoms with Crippen molar-refractivity contribution in [3.05, 3.63) is 29.8 Å². The lowest BCUT2D eigenvalue weighted by molar-refractivity contribution is -0.151. The number of aliphatic hydroxyl groups is 1. The van der Waals surface area contributed by atoms with Gasteiger partial charge in [0.25, 0.3) is 5.91 Å². The molecule has 1 aromatic rings. The van der Waals surface area contributed by atoms with Crippen LogP contribution in [0.1, 0.15) is 31.2 Å². The fourth-order valence-corrected chi connectivity index (χ4v) is 3.46. The van der Waals surface area contributed by atoms with Crippen LogP contribution < -0.4 is 4.90 Å². The van der Waals surface area contributed by atoms with Crippen molar-refractivity contribution in [2.24, 2.45) is 0 Å². The molecule has 1 aliphatic heterocycles. The maximum absolute atomic E-state index is 12.5. The first kappa shape index (κ1) is 14.4. The number of benzene rings is 1. The van der Waals surface area contributed by atoms with Crippen molar-refractivity contribution >= 4 is 11.6 Å². The molecule has 1 amide bonds. The second kappa shape index (κ2) is 5.68. The van der Waals surface area contributed by atoms with Gasteiger partial charge in [0, 0.05) is 31.9 Å². The lowest BCUT2D eigenvalue weighted by Gasteiger charge is -2.39. The van der Waals surface area contributed by atoms with E-state index >= 15 is 0 Å². The van der Waals surface area contributed by atoms with E-state index in [1.165, 1.54) is 11.3 Å². The summed E-state index contributed by atoms with van der Waals surface area (Å²) in [7, 11) is 0. The summed E-state index contributed by atoms with van der Waals surface area (Å²) in [5.41, 5.74) is 1.40. The molecular weight excluding hydrogens is 264 g/mol. The molecule has 2 fully saturated rings. The third kappa shape index (κ3) is 2.91. The molecule has 1 N–H and O–H groups in total. The van der Waals surface area contributed by atoms with Crippen LogP contribution in [-0.4, -0.2) is 47.7 Å². The second-order valence-electron chi connectivity index (χ2n) is 6.36. The lowest BCUT2D eigenvalue weighted by Crippen LogP contribution is -2.55. The molecule has 114 valence electrons. The predicted molar refractivity (Wildman–Crippen MR) is 83.4 cm³/mol. The average molecular weight is 288 g/mol. The van der Waals surface area contributed by atoms with Gasteiger partial charge in [-0.1, -0.05) is 12.1 Å². The van der Waals surface area contributed by atoms with Crippen LogP contribution in [0.2, 0.25) is 0 Å². The maximum Gasteiger partial charge on any atom is 0.254 e. The van der Waals surface area contributed by atoms with Crippen LogP contribution in [0.3, 0.4) is 0 Å². The monoisotopic (exact) mass is 288 g/mol. The highest BCUT2D eigenvalue weighted by atomic mass is 16.3. The zero-order chi connectivity index (χ0) is 14.9. The molecule has 0 aromatic heterocycles. The van der Waals surface area contributed by atoms with Crippen LogP contribution in [0.15, 0.2) is 24.3 Å². The number of hydrogen-bond donors (Lipinski definition) is 1. The van der Waals surface area contributed by atoms with E-state index in [0.717, 1.165) is 25.9 Å². The van der Waals surface area contributed by atoms with E-state index in [-0.39, 0.29) is 5.91 Å². The maximum atomic E-state index is 12.5. The molecule has 4 heteroatoms. The molecule has 3 rings (SSSR count). The van der Waals surface area contributed by atoms with Crippen LogP contribution in [0.5, 0.6) is 0 Å². The van der Waals surface area contributed by atoms with Crippen LogP contribution >= 0.6 is 0 Å². The molecule has 21 heavy (non-hydrogen) atoms. The number of amides is 1. The smallest absolute Gasteiger partial charge is 0.254 e. The SMILES string of the molecule is Cc1cccc(N2CCN(C(=O)C3(O)CCCC3)CC2)c1. The molecule has 1 aliphatic carbocycles. The average Bonchev–Trinajstić information content (AvgIpc) is 2.95. The summed E-state index contributed by atoms with van der Waals surface area (Å²) in [6.07, 6.45) is 3.19. The van der Waals surface area contributed by atoms with Crippen LogP contribution in [0.25, 0.3) is 0 Å². The van der Waals surface area contributed by atoms with E-state index < -0.39 is 5.60 Å². The molecule has 0 atom stereocenters. The summed E-state index contributed by atoms with van der Waals surface area (Å²) < 4.78 is 0. The quantitative estimate of drug-likeness (QED) is 0.904. The molecule has 0 bridgehead atoms. The van der Waals surface area contributed by atoms with Crippen molar-refractivity contribution in [3.63, 3.8) is 0 Å². The first-order chi connectivity index (χ1) is 10.1. The van der Waals surface area contributed by atoms with E-state index in [9.17, 15) is 9.90 Å². The van der Waals surface area contributed by atoms with E-state index in [2.05, 4.69) is 36.1 Å². The van der Waals surface area contributed by atoms with Gasteiger partial charge >= 0.3 is 0 Å². The normalized spacial score (nSPS) is 21.6. The Balaban J connectivity index is 1.61. The molecule has 4 nitrogen and oxygen atoms in total. The number of aryl methyl sites for hydroxylation is 1. The van der Waals surface area contributed by atoms with Gasteiger partial charge in [0.15, 0.2) is 0 Å². The van der Waals surface area contributed by atoms with Gasteiger partial charge in [0.05, 0.1) is 0 Å². The van der Waals surface area contributed by atoms with Gasteiger partial charge in [-0.3, -0.25) is 4.79 Å². The number of rotatable bonds is 2. The first-order valence-electron chi connectivity index (χ1n) is 7.92. The van der Waals surface area contributed by atoms with Gasteiger partial charge in [-0.2, -0.15) is 0 Å². The molecule has 2 aliphatic rings. The minimum absolute atomic E-state index is 0.0520. The van der Waals surface area contributed by atoms with Gasteiger partial charge in [-0.05, 0) is 50.3 Å². The lowest BCUT2D eigenvalue weighted by atomic mass is 10.00. The van der Waals surface area contributed by atoms with Crippen molar-refractivity contribution in [3.8, 4) is 0 Å². The second-order valence-corrected chi connectivity index (χ2v) is 6.36. The number of anilines is 1. The van der Waals surface area contributed by atoms with Crippen molar-refractivity contribution in [2.45, 2.75) is 38.2 Å². The fraction of sp³-hybridized carbons (Fsp3) is 0.588. The van der Waals surface area contributed by atoms with Gasteiger partial charge in [-0.15, -0.1) is 0 Å². The number of carbonyl (C=O) groups is 1. The van der Waals surface area contributed by atoms with Crippen molar-refractivity contribution < 1.29 is 9.90 Å². The third-order valence-electron chi connectivity index (χ3n) is 4.76. The van der Waals surface area contributed by atoms with Crippen LogP contribution in [-0.2, 0) is 4.79 Å². The van der Waals surface area contributed by atoms with Crippen molar-refractivity contribution in [2.75, 3.05) is 31.1 Å².